The maximum atomic E-state index is 12.6. The molecule has 0 aliphatic carbocycles. The molecule has 6 heteroatoms. The number of nitrogens with one attached hydrogen (secondary N) is 1. The van der Waals surface area contributed by atoms with Crippen LogP contribution in [0.5, 0.6) is 0 Å². The zero-order valence-electron chi connectivity index (χ0n) is 16.3. The number of rotatable bonds is 7. The third-order valence-electron chi connectivity index (χ3n) is 5.76. The predicted molar refractivity (Wildman–Crippen MR) is 113 cm³/mol. The van der Waals surface area contributed by atoms with E-state index >= 15 is 0 Å². The lowest BCUT2D eigenvalue weighted by molar-refractivity contribution is -0.125. The fourth-order valence-corrected chi connectivity index (χ4v) is 3.76. The summed E-state index contributed by atoms with van der Waals surface area (Å²) in [5.41, 5.74) is 8.89. The highest BCUT2D eigenvalue weighted by Crippen LogP contribution is 2.33. The molecule has 0 atom stereocenters. The molecule has 1 heterocycles. The molecule has 2 aromatic carbocycles. The molecule has 28 heavy (non-hydrogen) atoms. The van der Waals surface area contributed by atoms with E-state index in [2.05, 4.69) is 5.32 Å². The molecule has 0 aromatic heterocycles. The quantitative estimate of drug-likeness (QED) is 0.734. The van der Waals surface area contributed by atoms with E-state index < -0.39 is 5.41 Å². The van der Waals surface area contributed by atoms with Crippen molar-refractivity contribution in [1.82, 2.24) is 0 Å². The van der Waals surface area contributed by atoms with Gasteiger partial charge in [-0.05, 0) is 48.2 Å². The lowest BCUT2D eigenvalue weighted by Crippen LogP contribution is -2.41. The zero-order valence-corrected chi connectivity index (χ0v) is 17.1. The Balaban J connectivity index is 1.71. The third kappa shape index (κ3) is 3.91. The van der Waals surface area contributed by atoms with Crippen molar-refractivity contribution in [2.24, 2.45) is 11.1 Å². The highest BCUT2D eigenvalue weighted by Gasteiger charge is 2.33. The van der Waals surface area contributed by atoms with E-state index in [4.69, 9.17) is 17.3 Å². The summed E-state index contributed by atoms with van der Waals surface area (Å²) < 4.78 is 0. The number of benzene rings is 2. The van der Waals surface area contributed by atoms with Gasteiger partial charge in [0.05, 0.1) is 18.4 Å². The summed E-state index contributed by atoms with van der Waals surface area (Å²) in [6.45, 7) is 4.76. The Labute approximate surface area is 170 Å². The molecule has 2 aromatic rings. The van der Waals surface area contributed by atoms with Gasteiger partial charge in [0.15, 0.2) is 0 Å². The van der Waals surface area contributed by atoms with Crippen molar-refractivity contribution >= 4 is 34.8 Å². The molecular formula is C22H26ClN3O2. The van der Waals surface area contributed by atoms with Crippen LogP contribution in [-0.4, -0.2) is 18.4 Å². The molecule has 0 saturated carbocycles. The molecule has 148 valence electrons. The molecule has 0 saturated heterocycles. The van der Waals surface area contributed by atoms with E-state index in [0.29, 0.717) is 37.4 Å². The van der Waals surface area contributed by atoms with Gasteiger partial charge in [0.1, 0.15) is 0 Å². The van der Waals surface area contributed by atoms with Crippen molar-refractivity contribution in [2.45, 2.75) is 39.7 Å². The minimum Gasteiger partial charge on any atom is -0.329 e. The monoisotopic (exact) mass is 399 g/mol. The normalized spacial score (nSPS) is 13.6. The lowest BCUT2D eigenvalue weighted by atomic mass is 9.81. The van der Waals surface area contributed by atoms with Crippen molar-refractivity contribution < 1.29 is 9.59 Å². The number of hydrogen-bond donors (Lipinski definition) is 2. The number of fused-ring (bicyclic) bond motifs is 1. The standard InChI is InChI=1S/C22H26ClN3O2/c1-3-22(4-2,14-24)21(28)25-18-9-5-15(6-10-18)13-26-19-12-17(23)8-7-16(19)11-20(26)27/h5-10,12H,3-4,11,13-14,24H2,1-2H3,(H,25,28). The molecular weight excluding hydrogens is 374 g/mol. The van der Waals surface area contributed by atoms with Gasteiger partial charge in [0, 0.05) is 22.9 Å². The number of nitrogens with zero attached hydrogens (tertiary/aromatic N) is 1. The predicted octanol–water partition coefficient (Wildman–Crippen LogP) is 4.13. The van der Waals surface area contributed by atoms with E-state index in [1.807, 2.05) is 56.3 Å². The Morgan fingerprint density at radius 3 is 2.46 bits per heavy atom. The number of anilines is 2. The van der Waals surface area contributed by atoms with Crippen LogP contribution in [0.3, 0.4) is 0 Å². The molecule has 1 aliphatic heterocycles. The fraction of sp³-hybridized carbons (Fsp3) is 0.364. The van der Waals surface area contributed by atoms with Gasteiger partial charge in [-0.15, -0.1) is 0 Å². The smallest absolute Gasteiger partial charge is 0.231 e. The van der Waals surface area contributed by atoms with Crippen LogP contribution < -0.4 is 16.0 Å². The van der Waals surface area contributed by atoms with E-state index in [1.165, 1.54) is 0 Å². The Kier molecular flexibility index (Phi) is 6.06. The molecule has 0 radical (unpaired) electrons. The molecule has 0 bridgehead atoms. The minimum absolute atomic E-state index is 0.0500. The molecule has 3 N–H and O–H groups in total. The second-order valence-corrected chi connectivity index (χ2v) is 7.71. The second-order valence-electron chi connectivity index (χ2n) is 7.27. The highest BCUT2D eigenvalue weighted by atomic mass is 35.5. The number of hydrogen-bond acceptors (Lipinski definition) is 3. The number of carbonyl (C=O) groups is 2. The average molecular weight is 400 g/mol. The van der Waals surface area contributed by atoms with Crippen LogP contribution in [0.2, 0.25) is 5.02 Å². The first-order chi connectivity index (χ1) is 13.4. The summed E-state index contributed by atoms with van der Waals surface area (Å²) in [5.74, 6) is 0.0132. The molecule has 0 unspecified atom stereocenters. The van der Waals surface area contributed by atoms with Crippen LogP contribution in [0.4, 0.5) is 11.4 Å². The molecule has 5 nitrogen and oxygen atoms in total. The van der Waals surface area contributed by atoms with Crippen LogP contribution in [0.1, 0.15) is 37.8 Å². The van der Waals surface area contributed by atoms with E-state index in [1.54, 1.807) is 4.90 Å². The number of nitrogens with two attached hydrogens (primary N) is 1. The molecule has 1 aliphatic rings. The maximum absolute atomic E-state index is 12.6. The van der Waals surface area contributed by atoms with Crippen molar-refractivity contribution in [2.75, 3.05) is 16.8 Å². The summed E-state index contributed by atoms with van der Waals surface area (Å²) in [4.78, 5) is 26.8. The van der Waals surface area contributed by atoms with E-state index in [0.717, 1.165) is 22.5 Å². The Morgan fingerprint density at radius 2 is 1.86 bits per heavy atom. The van der Waals surface area contributed by atoms with Gasteiger partial charge < -0.3 is 16.0 Å². The van der Waals surface area contributed by atoms with Crippen LogP contribution >= 0.6 is 11.6 Å². The largest absolute Gasteiger partial charge is 0.329 e. The number of carbonyl (C=O) groups excluding carboxylic acids is 2. The Hall–Kier alpha value is -2.37. The Bertz CT molecular complexity index is 868. The van der Waals surface area contributed by atoms with Gasteiger partial charge in [-0.2, -0.15) is 0 Å². The molecule has 3 rings (SSSR count). The van der Waals surface area contributed by atoms with Gasteiger partial charge in [-0.1, -0.05) is 43.6 Å². The van der Waals surface area contributed by atoms with Gasteiger partial charge in [0.2, 0.25) is 11.8 Å². The summed E-state index contributed by atoms with van der Waals surface area (Å²) in [7, 11) is 0. The van der Waals surface area contributed by atoms with Gasteiger partial charge in [0.25, 0.3) is 0 Å². The molecule has 0 fully saturated rings. The van der Waals surface area contributed by atoms with Crippen molar-refractivity contribution in [3.05, 3.63) is 58.6 Å². The second kappa shape index (κ2) is 8.33. The van der Waals surface area contributed by atoms with Gasteiger partial charge in [-0.25, -0.2) is 0 Å². The van der Waals surface area contributed by atoms with Crippen molar-refractivity contribution in [1.29, 1.82) is 0 Å². The summed E-state index contributed by atoms with van der Waals surface area (Å²) >= 11 is 6.09. The minimum atomic E-state index is -0.538. The van der Waals surface area contributed by atoms with Crippen LogP contribution in [0.25, 0.3) is 0 Å². The number of halogens is 1. The Morgan fingerprint density at radius 1 is 1.18 bits per heavy atom. The summed E-state index contributed by atoms with van der Waals surface area (Å²) in [5, 5.41) is 3.59. The number of amides is 2. The van der Waals surface area contributed by atoms with Gasteiger partial charge >= 0.3 is 0 Å². The SMILES string of the molecule is CCC(CC)(CN)C(=O)Nc1ccc(CN2C(=O)Cc3ccc(Cl)cc32)cc1. The van der Waals surface area contributed by atoms with Crippen molar-refractivity contribution in [3.8, 4) is 0 Å². The van der Waals surface area contributed by atoms with Gasteiger partial charge in [-0.3, -0.25) is 9.59 Å². The first kappa shape index (κ1) is 20.4. The summed E-state index contributed by atoms with van der Waals surface area (Å²) in [6, 6.07) is 13.1. The zero-order chi connectivity index (χ0) is 20.3. The van der Waals surface area contributed by atoms with Crippen LogP contribution in [-0.2, 0) is 22.6 Å². The maximum Gasteiger partial charge on any atom is 0.231 e. The topological polar surface area (TPSA) is 75.4 Å². The van der Waals surface area contributed by atoms with E-state index in [9.17, 15) is 9.59 Å². The highest BCUT2D eigenvalue weighted by molar-refractivity contribution is 6.31. The summed E-state index contributed by atoms with van der Waals surface area (Å²) in [6.07, 6.45) is 1.79. The van der Waals surface area contributed by atoms with Crippen molar-refractivity contribution in [3.63, 3.8) is 0 Å². The molecule has 2 amide bonds. The van der Waals surface area contributed by atoms with E-state index in [-0.39, 0.29) is 11.8 Å². The van der Waals surface area contributed by atoms with Crippen LogP contribution in [0, 0.1) is 5.41 Å². The third-order valence-corrected chi connectivity index (χ3v) is 5.99. The first-order valence-electron chi connectivity index (χ1n) is 9.61. The fourth-order valence-electron chi connectivity index (χ4n) is 3.60. The van der Waals surface area contributed by atoms with Crippen LogP contribution in [0.15, 0.2) is 42.5 Å². The molecule has 0 spiro atoms. The first-order valence-corrected chi connectivity index (χ1v) is 9.99. The average Bonchev–Trinajstić information content (AvgIpc) is 3.00. The lowest BCUT2D eigenvalue weighted by Gasteiger charge is -2.28.